The molecule has 1 saturated heterocycles. The van der Waals surface area contributed by atoms with Crippen LogP contribution in [0.4, 0.5) is 0 Å². The van der Waals surface area contributed by atoms with Crippen LogP contribution >= 0.6 is 8.25 Å². The van der Waals surface area contributed by atoms with Gasteiger partial charge in [0.15, 0.2) is 6.23 Å². The number of aliphatic hydroxyl groups is 2. The molecule has 0 bridgehead atoms. The number of aromatic nitrogens is 2. The van der Waals surface area contributed by atoms with Crippen LogP contribution in [0.1, 0.15) is 6.23 Å². The topological polar surface area (TPSA) is 140 Å². The van der Waals surface area contributed by atoms with Gasteiger partial charge in [0.2, 0.25) is 0 Å². The molecule has 2 heterocycles. The summed E-state index contributed by atoms with van der Waals surface area (Å²) in [5.41, 5.74) is -1.34. The van der Waals surface area contributed by atoms with E-state index in [0.29, 0.717) is 5.75 Å². The normalized spacial score (nSPS) is 26.0. The Kier molecular flexibility index (Phi) is 6.25. The molecular formula is C16H19N2O8P. The Morgan fingerprint density at radius 3 is 2.63 bits per heavy atom. The molecule has 1 aromatic carbocycles. The van der Waals surface area contributed by atoms with E-state index in [1.54, 1.807) is 30.3 Å². The number of rotatable bonds is 7. The molecular weight excluding hydrogens is 379 g/mol. The van der Waals surface area contributed by atoms with Crippen molar-refractivity contribution in [2.24, 2.45) is 5.92 Å². The highest BCUT2D eigenvalue weighted by molar-refractivity contribution is 7.33. The van der Waals surface area contributed by atoms with Crippen LogP contribution in [0.25, 0.3) is 0 Å². The Morgan fingerprint density at radius 2 is 1.96 bits per heavy atom. The van der Waals surface area contributed by atoms with Crippen LogP contribution in [-0.4, -0.2) is 45.2 Å². The highest BCUT2D eigenvalue weighted by Crippen LogP contribution is 2.35. The molecule has 11 heteroatoms. The number of nitrogens with one attached hydrogen (secondary N) is 1. The third kappa shape index (κ3) is 4.55. The molecule has 3 rings (SSSR count). The molecule has 1 unspecified atom stereocenters. The lowest BCUT2D eigenvalue weighted by atomic mass is 9.99. The predicted molar refractivity (Wildman–Crippen MR) is 93.8 cm³/mol. The van der Waals surface area contributed by atoms with Gasteiger partial charge in [-0.3, -0.25) is 18.9 Å². The standard InChI is InChI=1S/C16H19N2O8P/c19-8-11-12(9-24-27(23)26-10-4-2-1-3-5-10)25-15(14(11)21)18-7-6-13(20)17-16(18)22/h1-7,11-12,14-15,19,21,27H,8-9H2,(H,17,20,22)/t11-,12-,14-,15-/m1/s1. The summed E-state index contributed by atoms with van der Waals surface area (Å²) < 4.78 is 28.9. The first-order valence-electron chi connectivity index (χ1n) is 8.15. The molecule has 146 valence electrons. The predicted octanol–water partition coefficient (Wildman–Crippen LogP) is -0.111. The van der Waals surface area contributed by atoms with Gasteiger partial charge < -0.3 is 19.5 Å². The second-order valence-electron chi connectivity index (χ2n) is 5.90. The van der Waals surface area contributed by atoms with Crippen molar-refractivity contribution in [1.29, 1.82) is 0 Å². The number of hydrogen-bond acceptors (Lipinski definition) is 8. The third-order valence-electron chi connectivity index (χ3n) is 4.17. The Morgan fingerprint density at radius 1 is 1.22 bits per heavy atom. The van der Waals surface area contributed by atoms with Crippen molar-refractivity contribution in [2.75, 3.05) is 13.2 Å². The smallest absolute Gasteiger partial charge is 0.367 e. The molecule has 0 radical (unpaired) electrons. The number of nitrogens with zero attached hydrogens (tertiary/aromatic N) is 1. The highest BCUT2D eigenvalue weighted by atomic mass is 31.1. The molecule has 2 aromatic rings. The minimum atomic E-state index is -2.88. The van der Waals surface area contributed by atoms with Gasteiger partial charge in [-0.2, -0.15) is 0 Å². The Balaban J connectivity index is 1.66. The van der Waals surface area contributed by atoms with E-state index in [2.05, 4.69) is 4.98 Å². The zero-order chi connectivity index (χ0) is 19.4. The lowest BCUT2D eigenvalue weighted by molar-refractivity contribution is -0.0508. The first-order valence-corrected chi connectivity index (χ1v) is 9.37. The lowest BCUT2D eigenvalue weighted by Crippen LogP contribution is -2.36. The van der Waals surface area contributed by atoms with E-state index in [1.807, 2.05) is 0 Å². The van der Waals surface area contributed by atoms with Gasteiger partial charge in [0.1, 0.15) is 11.9 Å². The van der Waals surface area contributed by atoms with E-state index in [-0.39, 0.29) is 6.61 Å². The van der Waals surface area contributed by atoms with Gasteiger partial charge in [-0.1, -0.05) is 18.2 Å². The summed E-state index contributed by atoms with van der Waals surface area (Å²) >= 11 is 0. The first-order chi connectivity index (χ1) is 13.0. The quantitative estimate of drug-likeness (QED) is 0.549. The van der Waals surface area contributed by atoms with Crippen molar-refractivity contribution >= 4 is 8.25 Å². The summed E-state index contributed by atoms with van der Waals surface area (Å²) in [5.74, 6) is -0.398. The van der Waals surface area contributed by atoms with Gasteiger partial charge in [0.05, 0.1) is 19.3 Å². The molecule has 5 atom stereocenters. The maximum atomic E-state index is 12.0. The summed E-state index contributed by atoms with van der Waals surface area (Å²) in [6, 6.07) is 9.57. The minimum Gasteiger partial charge on any atom is -0.426 e. The molecule has 1 fully saturated rings. The number of aromatic amines is 1. The zero-order valence-electron chi connectivity index (χ0n) is 14.1. The van der Waals surface area contributed by atoms with Gasteiger partial charge in [-0.05, 0) is 12.1 Å². The van der Waals surface area contributed by atoms with Gasteiger partial charge >= 0.3 is 13.9 Å². The Hall–Kier alpha value is -2.23. The minimum absolute atomic E-state index is 0.221. The van der Waals surface area contributed by atoms with Crippen molar-refractivity contribution in [3.63, 3.8) is 0 Å². The fourth-order valence-electron chi connectivity index (χ4n) is 2.80. The number of para-hydroxylation sites is 1. The summed E-state index contributed by atoms with van der Waals surface area (Å²) in [6.45, 7) is -0.661. The monoisotopic (exact) mass is 398 g/mol. The Bertz CT molecular complexity index is 899. The van der Waals surface area contributed by atoms with E-state index in [0.717, 1.165) is 10.6 Å². The van der Waals surface area contributed by atoms with Gasteiger partial charge in [0, 0.05) is 18.2 Å². The van der Waals surface area contributed by atoms with Crippen LogP contribution in [-0.2, 0) is 13.8 Å². The maximum absolute atomic E-state index is 12.0. The fourth-order valence-corrected chi connectivity index (χ4v) is 3.49. The largest absolute Gasteiger partial charge is 0.426 e. The van der Waals surface area contributed by atoms with E-state index in [4.69, 9.17) is 13.8 Å². The maximum Gasteiger partial charge on any atom is 0.367 e. The van der Waals surface area contributed by atoms with Crippen molar-refractivity contribution in [3.05, 3.63) is 63.4 Å². The molecule has 3 N–H and O–H groups in total. The van der Waals surface area contributed by atoms with E-state index < -0.39 is 50.5 Å². The van der Waals surface area contributed by atoms with Crippen molar-refractivity contribution in [1.82, 2.24) is 9.55 Å². The zero-order valence-corrected chi connectivity index (χ0v) is 15.1. The summed E-state index contributed by atoms with van der Waals surface area (Å²) in [5, 5.41) is 19.9. The van der Waals surface area contributed by atoms with E-state index in [1.165, 1.54) is 6.20 Å². The van der Waals surface area contributed by atoms with Crippen LogP contribution in [0.2, 0.25) is 0 Å². The third-order valence-corrected chi connectivity index (χ3v) is 4.97. The van der Waals surface area contributed by atoms with Crippen molar-refractivity contribution in [3.8, 4) is 5.75 Å². The van der Waals surface area contributed by atoms with E-state index >= 15 is 0 Å². The van der Waals surface area contributed by atoms with Crippen LogP contribution in [0.15, 0.2) is 52.2 Å². The number of benzene rings is 1. The lowest BCUT2D eigenvalue weighted by Gasteiger charge is -2.17. The van der Waals surface area contributed by atoms with Crippen molar-refractivity contribution in [2.45, 2.75) is 18.4 Å². The summed E-state index contributed by atoms with van der Waals surface area (Å²) in [4.78, 5) is 25.1. The molecule has 1 aromatic heterocycles. The molecule has 10 nitrogen and oxygen atoms in total. The summed E-state index contributed by atoms with van der Waals surface area (Å²) in [7, 11) is -2.88. The first kappa shape index (κ1) is 19.5. The number of H-pyrrole nitrogens is 1. The Labute approximate surface area is 153 Å². The molecule has 1 aliphatic heterocycles. The molecule has 0 amide bonds. The average Bonchev–Trinajstić information content (AvgIpc) is 2.96. The average molecular weight is 398 g/mol. The molecule has 27 heavy (non-hydrogen) atoms. The van der Waals surface area contributed by atoms with Gasteiger partial charge in [-0.15, -0.1) is 0 Å². The summed E-state index contributed by atoms with van der Waals surface area (Å²) in [6.07, 6.45) is -2.00. The fraction of sp³-hybridized carbons (Fsp3) is 0.375. The second kappa shape index (κ2) is 8.64. The van der Waals surface area contributed by atoms with E-state index in [9.17, 15) is 24.4 Å². The number of hydrogen-bond donors (Lipinski definition) is 3. The van der Waals surface area contributed by atoms with Gasteiger partial charge in [-0.25, -0.2) is 9.36 Å². The molecule has 0 spiro atoms. The molecule has 0 aliphatic carbocycles. The van der Waals surface area contributed by atoms with Crippen LogP contribution in [0.3, 0.4) is 0 Å². The van der Waals surface area contributed by atoms with Crippen LogP contribution in [0.5, 0.6) is 5.75 Å². The molecule has 0 saturated carbocycles. The SMILES string of the molecule is O=c1ccn([C@@H]2O[C@H](CO[PH](=O)Oc3ccccc3)[C@@H](CO)[C@H]2O)c(=O)[nH]1. The highest BCUT2D eigenvalue weighted by Gasteiger charge is 2.44. The number of ether oxygens (including phenoxy) is 1. The van der Waals surface area contributed by atoms with Crippen LogP contribution in [0, 0.1) is 5.92 Å². The van der Waals surface area contributed by atoms with Crippen LogP contribution < -0.4 is 15.8 Å². The molecule has 1 aliphatic rings. The number of aliphatic hydroxyl groups excluding tert-OH is 2. The second-order valence-corrected chi connectivity index (χ2v) is 6.89. The van der Waals surface area contributed by atoms with Crippen molar-refractivity contribution < 1.29 is 28.6 Å². The van der Waals surface area contributed by atoms with Gasteiger partial charge in [0.25, 0.3) is 5.56 Å².